The van der Waals surface area contributed by atoms with Gasteiger partial charge in [0.25, 0.3) is 0 Å². The van der Waals surface area contributed by atoms with E-state index in [1.165, 1.54) is 5.56 Å². The van der Waals surface area contributed by atoms with Crippen molar-refractivity contribution in [2.45, 2.75) is 13.3 Å². The van der Waals surface area contributed by atoms with Crippen LogP contribution in [-0.4, -0.2) is 18.7 Å². The number of hydrogen-bond donors (Lipinski definition) is 0. The van der Waals surface area contributed by atoms with Crippen LogP contribution in [-0.2, 0) is 16.0 Å². The molecular formula is C19H14BrNO4. The Morgan fingerprint density at radius 1 is 1.16 bits per heavy atom. The number of hydrogen-bond acceptors (Lipinski definition) is 5. The molecule has 5 nitrogen and oxygen atoms in total. The number of nitrogens with zero attached hydrogens (tertiary/aromatic N) is 1. The van der Waals surface area contributed by atoms with E-state index >= 15 is 0 Å². The minimum atomic E-state index is -0.473. The number of carbonyl (C=O) groups is 1. The van der Waals surface area contributed by atoms with Gasteiger partial charge >= 0.3 is 5.97 Å². The average Bonchev–Trinajstić information content (AvgIpc) is 3.22. The molecule has 2 aromatic carbocycles. The minimum absolute atomic E-state index is 0.194. The summed E-state index contributed by atoms with van der Waals surface area (Å²) in [6, 6.07) is 11.4. The van der Waals surface area contributed by atoms with E-state index in [4.69, 9.17) is 14.2 Å². The highest BCUT2D eigenvalue weighted by atomic mass is 79.9. The summed E-state index contributed by atoms with van der Waals surface area (Å²) in [6.07, 6.45) is 2.62. The highest BCUT2D eigenvalue weighted by molar-refractivity contribution is 9.10. The molecule has 6 heteroatoms. The third kappa shape index (κ3) is 3.05. The fourth-order valence-corrected chi connectivity index (χ4v) is 3.04. The van der Waals surface area contributed by atoms with Gasteiger partial charge in [0.1, 0.15) is 0 Å². The normalized spacial score (nSPS) is 17.0. The van der Waals surface area contributed by atoms with E-state index in [1.54, 1.807) is 12.1 Å². The van der Waals surface area contributed by atoms with Crippen molar-refractivity contribution in [1.29, 1.82) is 0 Å². The van der Waals surface area contributed by atoms with Crippen molar-refractivity contribution in [3.8, 4) is 11.5 Å². The third-order valence-corrected chi connectivity index (χ3v) is 4.70. The first-order valence-electron chi connectivity index (χ1n) is 7.85. The quantitative estimate of drug-likeness (QED) is 0.576. The molecule has 0 unspecified atom stereocenters. The van der Waals surface area contributed by atoms with Crippen LogP contribution in [0.15, 0.2) is 51.6 Å². The van der Waals surface area contributed by atoms with E-state index in [-0.39, 0.29) is 12.5 Å². The van der Waals surface area contributed by atoms with E-state index in [0.717, 1.165) is 22.0 Å². The summed E-state index contributed by atoms with van der Waals surface area (Å²) in [4.78, 5) is 16.5. The van der Waals surface area contributed by atoms with Crippen molar-refractivity contribution < 1.29 is 19.0 Å². The van der Waals surface area contributed by atoms with Crippen LogP contribution in [0.2, 0.25) is 0 Å². The number of rotatable bonds is 3. The molecule has 0 radical (unpaired) electrons. The van der Waals surface area contributed by atoms with Gasteiger partial charge in [-0.15, -0.1) is 0 Å². The van der Waals surface area contributed by atoms with Crippen LogP contribution in [0, 0.1) is 0 Å². The molecule has 0 aromatic heterocycles. The number of fused-ring (bicyclic) bond motifs is 1. The molecule has 0 atom stereocenters. The standard InChI is InChI=1S/C19H14BrNO4/c1-2-11-3-5-12(6-4-11)18-21-15(19(22)25-18)7-13-8-16-17(9-14(13)20)24-10-23-16/h3-9H,2,10H2,1H3. The molecule has 0 bridgehead atoms. The number of ether oxygens (including phenoxy) is 3. The molecule has 2 aliphatic heterocycles. The zero-order valence-electron chi connectivity index (χ0n) is 13.4. The number of carbonyl (C=O) groups excluding carboxylic acids is 1. The van der Waals surface area contributed by atoms with Crippen molar-refractivity contribution in [3.63, 3.8) is 0 Å². The predicted octanol–water partition coefficient (Wildman–Crippen LogP) is 4.08. The molecule has 4 rings (SSSR count). The smallest absolute Gasteiger partial charge is 0.363 e. The fraction of sp³-hybridized carbons (Fsp3) is 0.158. The van der Waals surface area contributed by atoms with E-state index in [2.05, 4.69) is 27.8 Å². The molecule has 0 saturated carbocycles. The average molecular weight is 400 g/mol. The fourth-order valence-electron chi connectivity index (χ4n) is 2.61. The summed E-state index contributed by atoms with van der Waals surface area (Å²) < 4.78 is 16.8. The number of cyclic esters (lactones) is 1. The summed E-state index contributed by atoms with van der Waals surface area (Å²) in [6.45, 7) is 2.28. The molecule has 0 spiro atoms. The van der Waals surface area contributed by atoms with E-state index < -0.39 is 5.97 Å². The second kappa shape index (κ2) is 6.37. The van der Waals surface area contributed by atoms with Gasteiger partial charge in [0, 0.05) is 10.0 Å². The van der Waals surface area contributed by atoms with Crippen LogP contribution >= 0.6 is 15.9 Å². The lowest BCUT2D eigenvalue weighted by Crippen LogP contribution is -2.05. The van der Waals surface area contributed by atoms with Gasteiger partial charge in [-0.05, 0) is 47.9 Å². The topological polar surface area (TPSA) is 57.1 Å². The highest BCUT2D eigenvalue weighted by Crippen LogP contribution is 2.38. The zero-order valence-corrected chi connectivity index (χ0v) is 15.0. The maximum atomic E-state index is 12.2. The molecule has 0 N–H and O–H groups in total. The predicted molar refractivity (Wildman–Crippen MR) is 96.7 cm³/mol. The molecule has 0 saturated heterocycles. The summed E-state index contributed by atoms with van der Waals surface area (Å²) in [5.41, 5.74) is 3.00. The Morgan fingerprint density at radius 3 is 2.60 bits per heavy atom. The molecule has 126 valence electrons. The van der Waals surface area contributed by atoms with Gasteiger partial charge in [-0.2, -0.15) is 0 Å². The lowest BCUT2D eigenvalue weighted by Gasteiger charge is -2.02. The zero-order chi connectivity index (χ0) is 17.4. The Kier molecular flexibility index (Phi) is 4.05. The largest absolute Gasteiger partial charge is 0.454 e. The third-order valence-electron chi connectivity index (χ3n) is 4.01. The van der Waals surface area contributed by atoms with Gasteiger partial charge in [-0.25, -0.2) is 9.79 Å². The Balaban J connectivity index is 1.67. The second-order valence-corrected chi connectivity index (χ2v) is 6.47. The van der Waals surface area contributed by atoms with Gasteiger partial charge in [0.05, 0.1) is 0 Å². The Bertz CT molecular complexity index is 916. The van der Waals surface area contributed by atoms with Crippen molar-refractivity contribution in [3.05, 3.63) is 63.3 Å². The first-order valence-corrected chi connectivity index (χ1v) is 8.64. The molecule has 25 heavy (non-hydrogen) atoms. The minimum Gasteiger partial charge on any atom is -0.454 e. The molecule has 2 aromatic rings. The van der Waals surface area contributed by atoms with Crippen LogP contribution in [0.5, 0.6) is 11.5 Å². The molecule has 0 amide bonds. The van der Waals surface area contributed by atoms with Crippen molar-refractivity contribution in [2.75, 3.05) is 6.79 Å². The summed E-state index contributed by atoms with van der Waals surface area (Å²) in [5, 5.41) is 0. The van der Waals surface area contributed by atoms with Crippen LogP contribution in [0.3, 0.4) is 0 Å². The van der Waals surface area contributed by atoms with Crippen LogP contribution in [0.1, 0.15) is 23.6 Å². The first kappa shape index (κ1) is 15.9. The van der Waals surface area contributed by atoms with Crippen LogP contribution in [0.25, 0.3) is 6.08 Å². The van der Waals surface area contributed by atoms with Crippen molar-refractivity contribution in [2.24, 2.45) is 4.99 Å². The van der Waals surface area contributed by atoms with Crippen LogP contribution < -0.4 is 9.47 Å². The van der Waals surface area contributed by atoms with Crippen LogP contribution in [0.4, 0.5) is 0 Å². The molecule has 0 fully saturated rings. The second-order valence-electron chi connectivity index (χ2n) is 5.61. The van der Waals surface area contributed by atoms with Gasteiger partial charge < -0.3 is 14.2 Å². The molecular weight excluding hydrogens is 386 g/mol. The Morgan fingerprint density at radius 2 is 1.88 bits per heavy atom. The van der Waals surface area contributed by atoms with Crippen molar-refractivity contribution in [1.82, 2.24) is 0 Å². The maximum Gasteiger partial charge on any atom is 0.363 e. The molecule has 0 aliphatic carbocycles. The Hall–Kier alpha value is -2.60. The summed E-state index contributed by atoms with van der Waals surface area (Å²) in [5.74, 6) is 1.15. The number of esters is 1. The maximum absolute atomic E-state index is 12.2. The summed E-state index contributed by atoms with van der Waals surface area (Å²) >= 11 is 3.47. The molecule has 2 aliphatic rings. The number of aryl methyl sites for hydroxylation is 1. The number of halogens is 1. The number of aliphatic imine (C=N–C) groups is 1. The molecule has 2 heterocycles. The van der Waals surface area contributed by atoms with E-state index in [9.17, 15) is 4.79 Å². The van der Waals surface area contributed by atoms with Gasteiger partial charge in [0.2, 0.25) is 12.7 Å². The van der Waals surface area contributed by atoms with E-state index in [0.29, 0.717) is 17.4 Å². The first-order chi connectivity index (χ1) is 12.1. The lowest BCUT2D eigenvalue weighted by molar-refractivity contribution is -0.129. The highest BCUT2D eigenvalue weighted by Gasteiger charge is 2.25. The monoisotopic (exact) mass is 399 g/mol. The van der Waals surface area contributed by atoms with Gasteiger partial charge in [-0.1, -0.05) is 35.0 Å². The summed E-state index contributed by atoms with van der Waals surface area (Å²) in [7, 11) is 0. The van der Waals surface area contributed by atoms with Gasteiger partial charge in [0.15, 0.2) is 17.2 Å². The lowest BCUT2D eigenvalue weighted by atomic mass is 10.1. The SMILES string of the molecule is CCc1ccc(C2=NC(=Cc3cc4c(cc3Br)OCO4)C(=O)O2)cc1. The number of benzene rings is 2. The van der Waals surface area contributed by atoms with Crippen molar-refractivity contribution >= 4 is 33.9 Å². The van der Waals surface area contributed by atoms with Gasteiger partial charge in [-0.3, -0.25) is 0 Å². The van der Waals surface area contributed by atoms with E-state index in [1.807, 2.05) is 30.3 Å². The Labute approximate surface area is 153 Å².